The predicted molar refractivity (Wildman–Crippen MR) is 96.8 cm³/mol. The van der Waals surface area contributed by atoms with Gasteiger partial charge in [0.05, 0.1) is 17.9 Å². The van der Waals surface area contributed by atoms with Gasteiger partial charge >= 0.3 is 0 Å². The summed E-state index contributed by atoms with van der Waals surface area (Å²) in [6.45, 7) is 6.08. The lowest BCUT2D eigenvalue weighted by Crippen LogP contribution is -2.45. The molecule has 4 nitrogen and oxygen atoms in total. The second-order valence-corrected chi connectivity index (χ2v) is 6.42. The van der Waals surface area contributed by atoms with E-state index in [0.29, 0.717) is 25.3 Å². The molecule has 128 valence electrons. The summed E-state index contributed by atoms with van der Waals surface area (Å²) < 4.78 is 20.2. The number of nitrogens with one attached hydrogen (secondary N) is 1. The number of anilines is 3. The smallest absolute Gasteiger partial charge is 0.148 e. The molecule has 1 aliphatic rings. The number of hydrogen-bond donors (Lipinski definition) is 2. The average molecular weight is 329 g/mol. The second kappa shape index (κ2) is 7.09. The molecule has 1 fully saturated rings. The summed E-state index contributed by atoms with van der Waals surface area (Å²) in [5.74, 6) is -0.210. The Morgan fingerprint density at radius 2 is 1.79 bits per heavy atom. The zero-order valence-electron chi connectivity index (χ0n) is 14.1. The van der Waals surface area contributed by atoms with E-state index in [4.69, 9.17) is 10.5 Å². The van der Waals surface area contributed by atoms with Crippen molar-refractivity contribution < 1.29 is 9.13 Å². The van der Waals surface area contributed by atoms with E-state index >= 15 is 0 Å². The summed E-state index contributed by atoms with van der Waals surface area (Å²) in [5, 5.41) is 3.24. The number of rotatable bonds is 4. The van der Waals surface area contributed by atoms with E-state index < -0.39 is 0 Å². The van der Waals surface area contributed by atoms with Crippen molar-refractivity contribution >= 4 is 17.1 Å². The van der Waals surface area contributed by atoms with Crippen LogP contribution >= 0.6 is 0 Å². The van der Waals surface area contributed by atoms with E-state index in [1.54, 1.807) is 6.07 Å². The average Bonchev–Trinajstić information content (AvgIpc) is 2.53. The molecule has 0 radical (unpaired) electrons. The third-order valence-corrected chi connectivity index (χ3v) is 4.18. The van der Waals surface area contributed by atoms with Crippen LogP contribution in [0.3, 0.4) is 0 Å². The van der Waals surface area contributed by atoms with Crippen LogP contribution in [0, 0.1) is 5.82 Å². The largest absolute Gasteiger partial charge is 0.399 e. The van der Waals surface area contributed by atoms with E-state index in [1.807, 2.05) is 50.2 Å². The Hall–Kier alpha value is -2.27. The molecule has 0 saturated carbocycles. The van der Waals surface area contributed by atoms with E-state index in [1.165, 1.54) is 0 Å². The number of hydrogen-bond acceptors (Lipinski definition) is 4. The Morgan fingerprint density at radius 1 is 1.12 bits per heavy atom. The zero-order chi connectivity index (χ0) is 17.1. The molecule has 0 unspecified atom stereocenters. The normalized spacial score (nSPS) is 20.9. The highest BCUT2D eigenvalue weighted by atomic mass is 19.1. The summed E-state index contributed by atoms with van der Waals surface area (Å²) in [5.41, 5.74) is 8.92. The van der Waals surface area contributed by atoms with Crippen LogP contribution in [0.2, 0.25) is 0 Å². The fourth-order valence-corrected chi connectivity index (χ4v) is 3.09. The van der Waals surface area contributed by atoms with Gasteiger partial charge in [-0.3, -0.25) is 0 Å². The van der Waals surface area contributed by atoms with Gasteiger partial charge in [0.2, 0.25) is 0 Å². The molecule has 24 heavy (non-hydrogen) atoms. The Labute approximate surface area is 142 Å². The van der Waals surface area contributed by atoms with Crippen molar-refractivity contribution in [3.63, 3.8) is 0 Å². The molecule has 2 aromatic rings. The maximum atomic E-state index is 14.5. The van der Waals surface area contributed by atoms with Gasteiger partial charge in [0.25, 0.3) is 0 Å². The lowest BCUT2D eigenvalue weighted by molar-refractivity contribution is -0.00539. The molecule has 2 atom stereocenters. The van der Waals surface area contributed by atoms with Crippen LogP contribution in [-0.2, 0) is 11.3 Å². The van der Waals surface area contributed by atoms with E-state index in [-0.39, 0.29) is 18.0 Å². The van der Waals surface area contributed by atoms with Gasteiger partial charge in [0, 0.05) is 31.0 Å². The summed E-state index contributed by atoms with van der Waals surface area (Å²) in [7, 11) is 0. The molecule has 0 aliphatic carbocycles. The molecular weight excluding hydrogens is 305 g/mol. The van der Waals surface area contributed by atoms with E-state index in [9.17, 15) is 4.39 Å². The van der Waals surface area contributed by atoms with Crippen molar-refractivity contribution in [2.75, 3.05) is 29.0 Å². The number of nitrogens with zero attached hydrogens (tertiary/aromatic N) is 1. The molecule has 1 heterocycles. The Balaban J connectivity index is 1.67. The molecule has 0 aromatic heterocycles. The fourth-order valence-electron chi connectivity index (χ4n) is 3.09. The highest BCUT2D eigenvalue weighted by Gasteiger charge is 2.24. The molecule has 2 aromatic carbocycles. The van der Waals surface area contributed by atoms with Crippen LogP contribution in [0.5, 0.6) is 0 Å². The monoisotopic (exact) mass is 329 g/mol. The molecular formula is C19H24FN3O. The zero-order valence-corrected chi connectivity index (χ0v) is 14.1. The highest BCUT2D eigenvalue weighted by Crippen LogP contribution is 2.26. The minimum Gasteiger partial charge on any atom is -0.399 e. The van der Waals surface area contributed by atoms with Gasteiger partial charge in [-0.25, -0.2) is 4.39 Å². The molecule has 3 rings (SSSR count). The van der Waals surface area contributed by atoms with Crippen molar-refractivity contribution in [2.45, 2.75) is 32.6 Å². The molecule has 0 amide bonds. The molecule has 1 aliphatic heterocycles. The number of nitrogen functional groups attached to an aromatic ring is 1. The summed E-state index contributed by atoms with van der Waals surface area (Å²) in [6, 6.07) is 13.0. The topological polar surface area (TPSA) is 50.5 Å². The third-order valence-electron chi connectivity index (χ3n) is 4.18. The maximum Gasteiger partial charge on any atom is 0.148 e. The first-order valence-electron chi connectivity index (χ1n) is 8.29. The van der Waals surface area contributed by atoms with Gasteiger partial charge in [-0.05, 0) is 49.7 Å². The van der Waals surface area contributed by atoms with Crippen molar-refractivity contribution in [3.8, 4) is 0 Å². The number of ether oxygens (including phenoxy) is 1. The van der Waals surface area contributed by atoms with Crippen molar-refractivity contribution in [3.05, 3.63) is 53.8 Å². The lowest BCUT2D eigenvalue weighted by Gasteiger charge is -2.37. The summed E-state index contributed by atoms with van der Waals surface area (Å²) in [4.78, 5) is 2.05. The number of halogens is 1. The van der Waals surface area contributed by atoms with Gasteiger partial charge < -0.3 is 20.7 Å². The van der Waals surface area contributed by atoms with Gasteiger partial charge in [0.1, 0.15) is 5.82 Å². The van der Waals surface area contributed by atoms with Crippen LogP contribution < -0.4 is 16.0 Å². The maximum absolute atomic E-state index is 14.5. The minimum absolute atomic E-state index is 0.108. The standard InChI is InChI=1S/C19H24FN3O/c1-13-11-23(12-14(2)24-13)19-8-7-17(9-18(19)20)22-10-15-3-5-16(21)6-4-15/h3-9,13-14,22H,10-12,21H2,1-2H3/t13-,14+. The van der Waals surface area contributed by atoms with Crippen molar-refractivity contribution in [2.24, 2.45) is 0 Å². The van der Waals surface area contributed by atoms with Gasteiger partial charge in [-0.2, -0.15) is 0 Å². The lowest BCUT2D eigenvalue weighted by atomic mass is 10.1. The minimum atomic E-state index is -0.210. The van der Waals surface area contributed by atoms with E-state index in [2.05, 4.69) is 10.2 Å². The molecule has 5 heteroatoms. The molecule has 0 bridgehead atoms. The summed E-state index contributed by atoms with van der Waals surface area (Å²) >= 11 is 0. The Bertz CT molecular complexity index is 680. The number of morpholine rings is 1. The quantitative estimate of drug-likeness (QED) is 0.841. The number of benzene rings is 2. The van der Waals surface area contributed by atoms with Gasteiger partial charge in [0.15, 0.2) is 0 Å². The van der Waals surface area contributed by atoms with Crippen LogP contribution in [0.25, 0.3) is 0 Å². The summed E-state index contributed by atoms with van der Waals surface area (Å²) in [6.07, 6.45) is 0.216. The first kappa shape index (κ1) is 16.6. The molecule has 3 N–H and O–H groups in total. The Kier molecular flexibility index (Phi) is 4.90. The SMILES string of the molecule is C[C@@H]1CN(c2ccc(NCc3ccc(N)cc3)cc2F)C[C@H](C)O1. The van der Waals surface area contributed by atoms with Crippen LogP contribution in [0.15, 0.2) is 42.5 Å². The first-order chi connectivity index (χ1) is 11.5. The van der Waals surface area contributed by atoms with Crippen molar-refractivity contribution in [1.29, 1.82) is 0 Å². The fraction of sp³-hybridized carbons (Fsp3) is 0.368. The van der Waals surface area contributed by atoms with E-state index in [0.717, 1.165) is 16.9 Å². The van der Waals surface area contributed by atoms with Gasteiger partial charge in [-0.1, -0.05) is 12.1 Å². The third kappa shape index (κ3) is 3.97. The predicted octanol–water partition coefficient (Wildman–Crippen LogP) is 3.63. The molecule has 1 saturated heterocycles. The van der Waals surface area contributed by atoms with Crippen molar-refractivity contribution in [1.82, 2.24) is 0 Å². The molecule has 0 spiro atoms. The van der Waals surface area contributed by atoms with Crippen LogP contribution in [0.1, 0.15) is 19.4 Å². The number of nitrogens with two attached hydrogens (primary N) is 1. The Morgan fingerprint density at radius 3 is 2.42 bits per heavy atom. The van der Waals surface area contributed by atoms with Gasteiger partial charge in [-0.15, -0.1) is 0 Å². The van der Waals surface area contributed by atoms with Crippen LogP contribution in [0.4, 0.5) is 21.5 Å². The second-order valence-electron chi connectivity index (χ2n) is 6.42. The highest BCUT2D eigenvalue weighted by molar-refractivity contribution is 5.57. The first-order valence-corrected chi connectivity index (χ1v) is 8.29. The van der Waals surface area contributed by atoms with Crippen LogP contribution in [-0.4, -0.2) is 25.3 Å².